The maximum atomic E-state index is 13.5. The summed E-state index contributed by atoms with van der Waals surface area (Å²) in [6.07, 6.45) is 0. The van der Waals surface area contributed by atoms with Gasteiger partial charge in [0.05, 0.1) is 5.69 Å². The predicted molar refractivity (Wildman–Crippen MR) is 120 cm³/mol. The molecule has 0 aliphatic rings. The normalized spacial score (nSPS) is 10.7. The van der Waals surface area contributed by atoms with Crippen molar-refractivity contribution < 1.29 is 14.0 Å². The number of rotatable bonds is 7. The van der Waals surface area contributed by atoms with Gasteiger partial charge >= 0.3 is 0 Å². The average Bonchev–Trinajstić information content (AvgIpc) is 2.75. The SMILES string of the molecule is CN(C)Cc1ccc(NC(=O)c2cccc(CNC(=O)c3ccc(N)c(F)c3)c2)cc1. The number of anilines is 2. The van der Waals surface area contributed by atoms with Crippen molar-refractivity contribution in [3.05, 3.63) is 94.8 Å². The van der Waals surface area contributed by atoms with E-state index in [4.69, 9.17) is 5.73 Å². The third-order valence-electron chi connectivity index (χ3n) is 4.62. The zero-order chi connectivity index (χ0) is 22.4. The molecule has 7 heteroatoms. The molecule has 0 unspecified atom stereocenters. The number of amides is 2. The maximum absolute atomic E-state index is 13.5. The van der Waals surface area contributed by atoms with Crippen LogP contribution in [-0.2, 0) is 13.1 Å². The van der Waals surface area contributed by atoms with Gasteiger partial charge < -0.3 is 21.3 Å². The second-order valence-electron chi connectivity index (χ2n) is 7.51. The van der Waals surface area contributed by atoms with E-state index in [0.717, 1.165) is 23.7 Å². The topological polar surface area (TPSA) is 87.5 Å². The maximum Gasteiger partial charge on any atom is 0.255 e. The highest BCUT2D eigenvalue weighted by molar-refractivity contribution is 6.04. The summed E-state index contributed by atoms with van der Waals surface area (Å²) in [5.74, 6) is -1.30. The Kier molecular flexibility index (Phi) is 6.99. The number of benzene rings is 3. The highest BCUT2D eigenvalue weighted by atomic mass is 19.1. The molecule has 4 N–H and O–H groups in total. The molecule has 6 nitrogen and oxygen atoms in total. The summed E-state index contributed by atoms with van der Waals surface area (Å²) in [6.45, 7) is 1.02. The first-order chi connectivity index (χ1) is 14.8. The summed E-state index contributed by atoms with van der Waals surface area (Å²) in [6, 6.07) is 18.6. The zero-order valence-corrected chi connectivity index (χ0v) is 17.5. The molecule has 0 aliphatic carbocycles. The van der Waals surface area contributed by atoms with Crippen molar-refractivity contribution in [1.82, 2.24) is 10.2 Å². The van der Waals surface area contributed by atoms with Crippen LogP contribution in [0.2, 0.25) is 0 Å². The van der Waals surface area contributed by atoms with Crippen molar-refractivity contribution in [1.29, 1.82) is 0 Å². The molecule has 160 valence electrons. The van der Waals surface area contributed by atoms with Gasteiger partial charge in [-0.2, -0.15) is 0 Å². The van der Waals surface area contributed by atoms with Crippen LogP contribution in [-0.4, -0.2) is 30.8 Å². The van der Waals surface area contributed by atoms with Crippen molar-refractivity contribution in [2.75, 3.05) is 25.1 Å². The van der Waals surface area contributed by atoms with Gasteiger partial charge in [0.2, 0.25) is 0 Å². The largest absolute Gasteiger partial charge is 0.396 e. The van der Waals surface area contributed by atoms with Crippen LogP contribution in [0.1, 0.15) is 31.8 Å². The van der Waals surface area contributed by atoms with Crippen molar-refractivity contribution in [3.63, 3.8) is 0 Å². The second kappa shape index (κ2) is 9.86. The summed E-state index contributed by atoms with van der Waals surface area (Å²) in [7, 11) is 4.00. The van der Waals surface area contributed by atoms with E-state index >= 15 is 0 Å². The molecule has 3 rings (SSSR count). The third-order valence-corrected chi connectivity index (χ3v) is 4.62. The first-order valence-corrected chi connectivity index (χ1v) is 9.79. The Bertz CT molecular complexity index is 1080. The van der Waals surface area contributed by atoms with Crippen molar-refractivity contribution >= 4 is 23.2 Å². The minimum atomic E-state index is -0.638. The number of nitrogens with one attached hydrogen (secondary N) is 2. The molecule has 0 fully saturated rings. The number of hydrogen-bond donors (Lipinski definition) is 3. The molecule has 0 radical (unpaired) electrons. The number of carbonyl (C=O) groups excluding carboxylic acids is 2. The van der Waals surface area contributed by atoms with E-state index in [0.29, 0.717) is 11.3 Å². The van der Waals surface area contributed by atoms with Crippen LogP contribution in [0, 0.1) is 5.82 Å². The van der Waals surface area contributed by atoms with Gasteiger partial charge in [0.15, 0.2) is 0 Å². The van der Waals surface area contributed by atoms with Crippen LogP contribution in [0.4, 0.5) is 15.8 Å². The van der Waals surface area contributed by atoms with Crippen LogP contribution in [0.25, 0.3) is 0 Å². The van der Waals surface area contributed by atoms with Gasteiger partial charge in [0.1, 0.15) is 5.82 Å². The molecular formula is C24H25FN4O2. The fraction of sp³-hybridized carbons (Fsp3) is 0.167. The Balaban J connectivity index is 1.60. The van der Waals surface area contributed by atoms with Crippen LogP contribution >= 0.6 is 0 Å². The Morgan fingerprint density at radius 3 is 2.29 bits per heavy atom. The first-order valence-electron chi connectivity index (χ1n) is 9.79. The van der Waals surface area contributed by atoms with Crippen molar-refractivity contribution in [2.45, 2.75) is 13.1 Å². The summed E-state index contributed by atoms with van der Waals surface area (Å²) in [4.78, 5) is 26.9. The molecule has 3 aromatic carbocycles. The van der Waals surface area contributed by atoms with Gasteiger partial charge in [-0.1, -0.05) is 24.3 Å². The van der Waals surface area contributed by atoms with Crippen LogP contribution in [0.15, 0.2) is 66.7 Å². The van der Waals surface area contributed by atoms with Gasteiger partial charge in [-0.25, -0.2) is 4.39 Å². The van der Waals surface area contributed by atoms with Gasteiger partial charge in [-0.3, -0.25) is 9.59 Å². The van der Waals surface area contributed by atoms with Crippen molar-refractivity contribution in [2.24, 2.45) is 0 Å². The summed E-state index contributed by atoms with van der Waals surface area (Å²) >= 11 is 0. The molecule has 0 bridgehead atoms. The Morgan fingerprint density at radius 2 is 1.61 bits per heavy atom. The lowest BCUT2D eigenvalue weighted by atomic mass is 10.1. The molecule has 31 heavy (non-hydrogen) atoms. The number of carbonyl (C=O) groups is 2. The standard InChI is InChI=1S/C24H25FN4O2/c1-29(2)15-16-6-9-20(10-7-16)28-24(31)18-5-3-4-17(12-18)14-27-23(30)19-8-11-22(26)21(25)13-19/h3-13H,14-15,26H2,1-2H3,(H,27,30)(H,28,31). The van der Waals surface area contributed by atoms with E-state index in [-0.39, 0.29) is 23.7 Å². The summed E-state index contributed by atoms with van der Waals surface area (Å²) in [5.41, 5.74) is 8.68. The smallest absolute Gasteiger partial charge is 0.255 e. The molecule has 0 aromatic heterocycles. The summed E-state index contributed by atoms with van der Waals surface area (Å²) in [5, 5.41) is 5.59. The fourth-order valence-corrected chi connectivity index (χ4v) is 3.04. The van der Waals surface area contributed by atoms with Crippen LogP contribution < -0.4 is 16.4 Å². The lowest BCUT2D eigenvalue weighted by Crippen LogP contribution is -2.23. The minimum Gasteiger partial charge on any atom is -0.396 e. The third kappa shape index (κ3) is 6.13. The van der Waals surface area contributed by atoms with Gasteiger partial charge in [-0.05, 0) is 67.7 Å². The molecule has 0 saturated heterocycles. The van der Waals surface area contributed by atoms with E-state index in [1.54, 1.807) is 24.3 Å². The molecule has 2 amide bonds. The average molecular weight is 420 g/mol. The van der Waals surface area contributed by atoms with E-state index < -0.39 is 11.7 Å². The monoisotopic (exact) mass is 420 g/mol. The van der Waals surface area contributed by atoms with Crippen molar-refractivity contribution in [3.8, 4) is 0 Å². The molecular weight excluding hydrogens is 395 g/mol. The minimum absolute atomic E-state index is 0.0115. The fourth-order valence-electron chi connectivity index (χ4n) is 3.04. The number of nitrogens with two attached hydrogens (primary N) is 1. The van der Waals surface area contributed by atoms with E-state index in [1.807, 2.05) is 38.4 Å². The van der Waals surface area contributed by atoms with Gasteiger partial charge in [0.25, 0.3) is 11.8 Å². The molecule has 0 atom stereocenters. The molecule has 3 aromatic rings. The number of halogens is 1. The molecule has 0 spiro atoms. The van der Waals surface area contributed by atoms with Crippen LogP contribution in [0.3, 0.4) is 0 Å². The van der Waals surface area contributed by atoms with E-state index in [1.165, 1.54) is 12.1 Å². The summed E-state index contributed by atoms with van der Waals surface area (Å²) < 4.78 is 13.5. The van der Waals surface area contributed by atoms with Gasteiger partial charge in [0, 0.05) is 29.9 Å². The quantitative estimate of drug-likeness (QED) is 0.509. The van der Waals surface area contributed by atoms with Gasteiger partial charge in [-0.15, -0.1) is 0 Å². The lowest BCUT2D eigenvalue weighted by molar-refractivity contribution is 0.0950. The second-order valence-corrected chi connectivity index (χ2v) is 7.51. The highest BCUT2D eigenvalue weighted by Gasteiger charge is 2.10. The number of nitrogen functional groups attached to an aromatic ring is 1. The number of nitrogens with zero attached hydrogens (tertiary/aromatic N) is 1. The van der Waals surface area contributed by atoms with E-state index in [2.05, 4.69) is 15.5 Å². The lowest BCUT2D eigenvalue weighted by Gasteiger charge is -2.11. The predicted octanol–water partition coefficient (Wildman–Crippen LogP) is 3.65. The highest BCUT2D eigenvalue weighted by Crippen LogP contribution is 2.14. The van der Waals surface area contributed by atoms with Crippen LogP contribution in [0.5, 0.6) is 0 Å². The first kappa shape index (κ1) is 22.0. The Hall–Kier alpha value is -3.71. The van der Waals surface area contributed by atoms with E-state index in [9.17, 15) is 14.0 Å². The Morgan fingerprint density at radius 1 is 0.903 bits per heavy atom. The molecule has 0 aliphatic heterocycles. The number of hydrogen-bond acceptors (Lipinski definition) is 4. The molecule has 0 saturated carbocycles. The molecule has 0 heterocycles. The zero-order valence-electron chi connectivity index (χ0n) is 17.5. The Labute approximate surface area is 180 Å².